The Labute approximate surface area is 208 Å². The van der Waals surface area contributed by atoms with Gasteiger partial charge in [-0.15, -0.1) is 0 Å². The molecule has 0 aliphatic carbocycles. The molecule has 0 radical (unpaired) electrons. The van der Waals surface area contributed by atoms with E-state index in [-0.39, 0.29) is 34.9 Å². The molecule has 0 saturated carbocycles. The highest BCUT2D eigenvalue weighted by molar-refractivity contribution is 7.91. The maximum atomic E-state index is 13.0. The van der Waals surface area contributed by atoms with Gasteiger partial charge in [0.25, 0.3) is 0 Å². The lowest BCUT2D eigenvalue weighted by Gasteiger charge is -2.37. The first-order valence-corrected chi connectivity index (χ1v) is 14.0. The lowest BCUT2D eigenvalue weighted by molar-refractivity contribution is -0.131. The molecule has 1 atom stereocenters. The van der Waals surface area contributed by atoms with E-state index in [1.165, 1.54) is 16.8 Å². The fourth-order valence-electron chi connectivity index (χ4n) is 5.12. The fourth-order valence-corrected chi connectivity index (χ4v) is 6.40. The number of nitrogens with zero attached hydrogens (tertiary/aromatic N) is 3. The van der Waals surface area contributed by atoms with Gasteiger partial charge in [0, 0.05) is 56.4 Å². The second kappa shape index (κ2) is 10.0. The van der Waals surface area contributed by atoms with Crippen LogP contribution in [0.4, 0.5) is 11.4 Å². The van der Waals surface area contributed by atoms with E-state index in [4.69, 9.17) is 0 Å². The molecule has 188 valence electrons. The molecule has 1 fully saturated rings. The molecule has 2 aliphatic heterocycles. The summed E-state index contributed by atoms with van der Waals surface area (Å²) in [5, 5.41) is 0. The second-order valence-corrected chi connectivity index (χ2v) is 11.7. The van der Waals surface area contributed by atoms with Crippen molar-refractivity contribution < 1.29 is 18.0 Å². The van der Waals surface area contributed by atoms with Crippen LogP contribution in [0, 0.1) is 13.8 Å². The van der Waals surface area contributed by atoms with Crippen molar-refractivity contribution in [2.75, 3.05) is 41.7 Å². The van der Waals surface area contributed by atoms with E-state index >= 15 is 0 Å². The van der Waals surface area contributed by atoms with Gasteiger partial charge in [-0.1, -0.05) is 19.1 Å². The smallest absolute Gasteiger partial charge is 0.226 e. The molecule has 0 N–H and O–H groups in total. The van der Waals surface area contributed by atoms with Crippen molar-refractivity contribution in [1.29, 1.82) is 0 Å². The Hall–Kier alpha value is -2.87. The van der Waals surface area contributed by atoms with Gasteiger partial charge in [0.1, 0.15) is 0 Å². The molecule has 2 aliphatic rings. The number of anilines is 2. The number of fused-ring (bicyclic) bond motifs is 1. The van der Waals surface area contributed by atoms with Gasteiger partial charge in [-0.25, -0.2) is 8.42 Å². The number of carbonyl (C=O) groups excluding carboxylic acids is 2. The monoisotopic (exact) mass is 497 g/mol. The summed E-state index contributed by atoms with van der Waals surface area (Å²) in [6, 6.07) is 11.3. The van der Waals surface area contributed by atoms with E-state index in [9.17, 15) is 18.0 Å². The van der Waals surface area contributed by atoms with Crippen molar-refractivity contribution in [3.05, 3.63) is 53.1 Å². The number of piperazine rings is 1. The second-order valence-electron chi connectivity index (χ2n) is 9.62. The quantitative estimate of drug-likeness (QED) is 0.610. The highest BCUT2D eigenvalue weighted by atomic mass is 32.2. The number of sulfone groups is 1. The maximum absolute atomic E-state index is 13.0. The molecule has 8 heteroatoms. The van der Waals surface area contributed by atoms with Gasteiger partial charge in [0.2, 0.25) is 11.8 Å². The Morgan fingerprint density at radius 1 is 0.971 bits per heavy atom. The van der Waals surface area contributed by atoms with Gasteiger partial charge in [0.05, 0.1) is 10.6 Å². The van der Waals surface area contributed by atoms with Crippen molar-refractivity contribution in [2.45, 2.75) is 57.9 Å². The van der Waals surface area contributed by atoms with Crippen LogP contribution in [0.3, 0.4) is 0 Å². The molecule has 4 rings (SSSR count). The predicted octanol–water partition coefficient (Wildman–Crippen LogP) is 3.50. The Morgan fingerprint density at radius 2 is 1.69 bits per heavy atom. The number of benzene rings is 2. The topological polar surface area (TPSA) is 78.0 Å². The minimum Gasteiger partial charge on any atom is -0.368 e. The molecular weight excluding hydrogens is 462 g/mol. The number of aryl methyl sites for hydroxylation is 1. The average Bonchev–Trinajstić information content (AvgIpc) is 3.19. The Bertz CT molecular complexity index is 1230. The van der Waals surface area contributed by atoms with Crippen LogP contribution in [0.25, 0.3) is 0 Å². The van der Waals surface area contributed by atoms with Crippen LogP contribution >= 0.6 is 0 Å². The number of amides is 2. The minimum atomic E-state index is -3.60. The van der Waals surface area contributed by atoms with Crippen LogP contribution in [0.15, 0.2) is 41.3 Å². The summed E-state index contributed by atoms with van der Waals surface area (Å²) in [6.45, 7) is 10.7. The van der Waals surface area contributed by atoms with E-state index in [0.717, 1.165) is 24.3 Å². The van der Waals surface area contributed by atoms with Crippen molar-refractivity contribution in [3.63, 3.8) is 0 Å². The lowest BCUT2D eigenvalue weighted by Crippen LogP contribution is -2.49. The summed E-state index contributed by atoms with van der Waals surface area (Å²) >= 11 is 0. The number of hydrogen-bond donors (Lipinski definition) is 0. The summed E-state index contributed by atoms with van der Waals surface area (Å²) in [5.41, 5.74) is 5.36. The van der Waals surface area contributed by atoms with Crippen molar-refractivity contribution in [3.8, 4) is 0 Å². The van der Waals surface area contributed by atoms with Crippen LogP contribution < -0.4 is 9.80 Å². The van der Waals surface area contributed by atoms with Gasteiger partial charge < -0.3 is 14.7 Å². The summed E-state index contributed by atoms with van der Waals surface area (Å²) < 4.78 is 26.0. The molecule has 7 nitrogen and oxygen atoms in total. The van der Waals surface area contributed by atoms with Crippen molar-refractivity contribution in [1.82, 2.24) is 4.90 Å². The van der Waals surface area contributed by atoms with Gasteiger partial charge in [-0.05, 0) is 68.1 Å². The van der Waals surface area contributed by atoms with Crippen LogP contribution in [-0.2, 0) is 25.8 Å². The first-order valence-electron chi connectivity index (χ1n) is 12.4. The summed E-state index contributed by atoms with van der Waals surface area (Å²) in [4.78, 5) is 31.2. The van der Waals surface area contributed by atoms with Crippen molar-refractivity contribution >= 4 is 33.0 Å². The maximum Gasteiger partial charge on any atom is 0.226 e. The largest absolute Gasteiger partial charge is 0.368 e. The van der Waals surface area contributed by atoms with Gasteiger partial charge in [-0.2, -0.15) is 0 Å². The van der Waals surface area contributed by atoms with E-state index in [0.29, 0.717) is 25.9 Å². The van der Waals surface area contributed by atoms with Crippen LogP contribution in [0.1, 0.15) is 43.4 Å². The molecule has 0 unspecified atom stereocenters. The molecule has 0 spiro atoms. The zero-order valence-corrected chi connectivity index (χ0v) is 21.9. The third-order valence-electron chi connectivity index (χ3n) is 7.33. The molecule has 1 saturated heterocycles. The molecule has 2 amide bonds. The molecule has 2 aromatic carbocycles. The van der Waals surface area contributed by atoms with Gasteiger partial charge >= 0.3 is 0 Å². The average molecular weight is 498 g/mol. The standard InChI is InChI=1S/C27H35N3O4S/c1-5-26(31)30-20(3)17-22-18-23(9-10-25(22)30)35(33,34)16-11-27(32)29-14-12-28(13-15-29)24-8-6-7-19(2)21(24)4/h6-10,18,20H,5,11-17H2,1-4H3/t20-/m1/s1. The van der Waals surface area contributed by atoms with E-state index in [2.05, 4.69) is 36.9 Å². The lowest BCUT2D eigenvalue weighted by atomic mass is 10.1. The molecular formula is C27H35N3O4S. The number of rotatable bonds is 6. The molecule has 2 heterocycles. The highest BCUT2D eigenvalue weighted by Crippen LogP contribution is 2.34. The minimum absolute atomic E-state index is 0.0132. The SMILES string of the molecule is CCC(=O)N1c2ccc(S(=O)(=O)CCC(=O)N3CCN(c4cccc(C)c4C)CC3)cc2C[C@H]1C. The summed E-state index contributed by atoms with van der Waals surface area (Å²) in [5.74, 6) is -0.298. The van der Waals surface area contributed by atoms with Crippen LogP contribution in [0.5, 0.6) is 0 Å². The first-order chi connectivity index (χ1) is 16.6. The highest BCUT2D eigenvalue weighted by Gasteiger charge is 2.31. The van der Waals surface area contributed by atoms with Crippen LogP contribution in [0.2, 0.25) is 0 Å². The van der Waals surface area contributed by atoms with E-state index in [1.807, 2.05) is 13.8 Å². The fraction of sp³-hybridized carbons (Fsp3) is 0.481. The summed E-state index contributed by atoms with van der Waals surface area (Å²) in [7, 11) is -3.60. The van der Waals surface area contributed by atoms with E-state index in [1.54, 1.807) is 28.0 Å². The number of carbonyl (C=O) groups is 2. The van der Waals surface area contributed by atoms with E-state index < -0.39 is 9.84 Å². The third kappa shape index (κ3) is 5.08. The Kier molecular flexibility index (Phi) is 7.22. The summed E-state index contributed by atoms with van der Waals surface area (Å²) in [6.07, 6.45) is 1.01. The van der Waals surface area contributed by atoms with Crippen LogP contribution in [-0.4, -0.2) is 63.1 Å². The zero-order valence-electron chi connectivity index (χ0n) is 21.1. The third-order valence-corrected chi connectivity index (χ3v) is 9.04. The zero-order chi connectivity index (χ0) is 25.3. The Morgan fingerprint density at radius 3 is 2.37 bits per heavy atom. The first kappa shape index (κ1) is 25.2. The Balaban J connectivity index is 1.36. The molecule has 0 aromatic heterocycles. The predicted molar refractivity (Wildman–Crippen MR) is 139 cm³/mol. The molecule has 35 heavy (non-hydrogen) atoms. The van der Waals surface area contributed by atoms with Gasteiger partial charge in [-0.3, -0.25) is 9.59 Å². The normalized spacial score (nSPS) is 18.1. The molecule has 0 bridgehead atoms. The van der Waals surface area contributed by atoms with Gasteiger partial charge in [0.15, 0.2) is 9.84 Å². The van der Waals surface area contributed by atoms with Crippen molar-refractivity contribution in [2.24, 2.45) is 0 Å². The number of hydrogen-bond acceptors (Lipinski definition) is 5. The molecule has 2 aromatic rings.